The summed E-state index contributed by atoms with van der Waals surface area (Å²) >= 11 is 0. The van der Waals surface area contributed by atoms with Gasteiger partial charge in [-0.05, 0) is 32.0 Å². The summed E-state index contributed by atoms with van der Waals surface area (Å²) < 4.78 is 0. The second kappa shape index (κ2) is 8.31. The number of hydrogen-bond acceptors (Lipinski definition) is 7. The second-order valence-electron chi connectivity index (χ2n) is 8.10. The molecule has 8 nitrogen and oxygen atoms in total. The van der Waals surface area contributed by atoms with Gasteiger partial charge in [-0.3, -0.25) is 4.98 Å². The van der Waals surface area contributed by atoms with Crippen LogP contribution in [0.15, 0.2) is 55.2 Å². The molecule has 1 saturated heterocycles. The molecule has 1 aliphatic rings. The van der Waals surface area contributed by atoms with Crippen LogP contribution >= 0.6 is 0 Å². The molecule has 0 bridgehead atoms. The van der Waals surface area contributed by atoms with Crippen LogP contribution in [0.3, 0.4) is 0 Å². The predicted octanol–water partition coefficient (Wildman–Crippen LogP) is 3.21. The molecule has 5 rings (SSSR count). The van der Waals surface area contributed by atoms with E-state index in [4.69, 9.17) is 4.98 Å². The van der Waals surface area contributed by atoms with Gasteiger partial charge in [-0.1, -0.05) is 12.1 Å². The summed E-state index contributed by atoms with van der Waals surface area (Å²) in [6, 6.07) is 11.1. The van der Waals surface area contributed by atoms with E-state index in [1.54, 1.807) is 12.5 Å². The van der Waals surface area contributed by atoms with Crippen molar-refractivity contribution < 1.29 is 0 Å². The fourth-order valence-electron chi connectivity index (χ4n) is 4.28. The summed E-state index contributed by atoms with van der Waals surface area (Å²) in [5, 5.41) is 7.99. The number of H-pyrrole nitrogens is 1. The van der Waals surface area contributed by atoms with Crippen molar-refractivity contribution >= 4 is 22.7 Å². The van der Waals surface area contributed by atoms with Crippen molar-refractivity contribution in [2.24, 2.45) is 0 Å². The van der Waals surface area contributed by atoms with Crippen molar-refractivity contribution in [3.63, 3.8) is 0 Å². The van der Waals surface area contributed by atoms with E-state index in [2.05, 4.69) is 61.4 Å². The Labute approximate surface area is 181 Å². The Morgan fingerprint density at radius 2 is 1.97 bits per heavy atom. The maximum atomic E-state index is 4.90. The number of piperazine rings is 1. The zero-order valence-electron chi connectivity index (χ0n) is 17.7. The Morgan fingerprint density at radius 1 is 1.10 bits per heavy atom. The van der Waals surface area contributed by atoms with Crippen LogP contribution in [0, 0.1) is 0 Å². The Bertz CT molecular complexity index is 1160. The molecule has 0 aliphatic carbocycles. The molecule has 8 heteroatoms. The molecular weight excluding hydrogens is 388 g/mol. The number of aromatic amines is 1. The van der Waals surface area contributed by atoms with E-state index in [0.29, 0.717) is 18.6 Å². The van der Waals surface area contributed by atoms with E-state index >= 15 is 0 Å². The lowest BCUT2D eigenvalue weighted by molar-refractivity contribution is 0.405. The van der Waals surface area contributed by atoms with Crippen molar-refractivity contribution in [2.75, 3.05) is 23.3 Å². The van der Waals surface area contributed by atoms with Crippen molar-refractivity contribution in [3.05, 3.63) is 60.9 Å². The van der Waals surface area contributed by atoms with Gasteiger partial charge in [0.25, 0.3) is 0 Å². The Balaban J connectivity index is 1.39. The average Bonchev–Trinajstić information content (AvgIpc) is 3.23. The van der Waals surface area contributed by atoms with Gasteiger partial charge in [0.2, 0.25) is 0 Å². The molecule has 1 aliphatic heterocycles. The Hall–Kier alpha value is -3.52. The molecular formula is C23H26N8. The molecule has 0 saturated carbocycles. The van der Waals surface area contributed by atoms with Crippen LogP contribution in [-0.2, 0) is 6.54 Å². The monoisotopic (exact) mass is 414 g/mol. The molecule has 1 fully saturated rings. The van der Waals surface area contributed by atoms with Crippen LogP contribution in [0.5, 0.6) is 0 Å². The SMILES string of the molecule is C[C@@H]1CN(c2cccc(CNc3ncnc4[nH]cc(-c5cccnc5)c34)n2)C[C@H](C)N1. The quantitative estimate of drug-likeness (QED) is 0.462. The summed E-state index contributed by atoms with van der Waals surface area (Å²) in [5.74, 6) is 1.80. The van der Waals surface area contributed by atoms with Gasteiger partial charge in [-0.2, -0.15) is 0 Å². The molecule has 4 aromatic heterocycles. The van der Waals surface area contributed by atoms with Crippen LogP contribution in [-0.4, -0.2) is 50.1 Å². The number of aromatic nitrogens is 5. The first-order valence-corrected chi connectivity index (χ1v) is 10.6. The summed E-state index contributed by atoms with van der Waals surface area (Å²) in [6.07, 6.45) is 7.14. The van der Waals surface area contributed by atoms with Gasteiger partial charge >= 0.3 is 0 Å². The molecule has 5 heterocycles. The topological polar surface area (TPSA) is 94.6 Å². The highest BCUT2D eigenvalue weighted by atomic mass is 15.3. The molecule has 0 spiro atoms. The third-order valence-electron chi connectivity index (χ3n) is 5.55. The van der Waals surface area contributed by atoms with E-state index in [0.717, 1.165) is 52.6 Å². The van der Waals surface area contributed by atoms with Crippen molar-refractivity contribution in [1.82, 2.24) is 30.2 Å². The van der Waals surface area contributed by atoms with Gasteiger partial charge in [-0.25, -0.2) is 15.0 Å². The Morgan fingerprint density at radius 3 is 2.77 bits per heavy atom. The minimum atomic E-state index is 0.445. The highest BCUT2D eigenvalue weighted by molar-refractivity contribution is 6.00. The molecule has 31 heavy (non-hydrogen) atoms. The molecule has 2 atom stereocenters. The highest BCUT2D eigenvalue weighted by Crippen LogP contribution is 2.31. The first kappa shape index (κ1) is 19.4. The Kier molecular flexibility index (Phi) is 5.21. The van der Waals surface area contributed by atoms with E-state index < -0.39 is 0 Å². The number of nitrogens with zero attached hydrogens (tertiary/aromatic N) is 5. The molecule has 0 amide bonds. The molecule has 0 aromatic carbocycles. The maximum Gasteiger partial charge on any atom is 0.143 e. The van der Waals surface area contributed by atoms with E-state index in [1.807, 2.05) is 30.6 Å². The van der Waals surface area contributed by atoms with Gasteiger partial charge < -0.3 is 20.5 Å². The molecule has 0 unspecified atom stereocenters. The fraction of sp³-hybridized carbons (Fsp3) is 0.304. The number of rotatable bonds is 5. The van der Waals surface area contributed by atoms with Crippen LogP contribution in [0.1, 0.15) is 19.5 Å². The van der Waals surface area contributed by atoms with Crippen molar-refractivity contribution in [1.29, 1.82) is 0 Å². The zero-order chi connectivity index (χ0) is 21.2. The molecule has 4 aromatic rings. The lowest BCUT2D eigenvalue weighted by Gasteiger charge is -2.37. The number of nitrogens with one attached hydrogen (secondary N) is 3. The van der Waals surface area contributed by atoms with Gasteiger partial charge in [0, 0.05) is 54.9 Å². The van der Waals surface area contributed by atoms with Gasteiger partial charge in [0.05, 0.1) is 17.6 Å². The van der Waals surface area contributed by atoms with Crippen molar-refractivity contribution in [3.8, 4) is 11.1 Å². The molecule has 0 radical (unpaired) electrons. The third kappa shape index (κ3) is 4.06. The summed E-state index contributed by atoms with van der Waals surface area (Å²) in [7, 11) is 0. The first-order chi connectivity index (χ1) is 15.2. The second-order valence-corrected chi connectivity index (χ2v) is 8.10. The zero-order valence-corrected chi connectivity index (χ0v) is 17.7. The van der Waals surface area contributed by atoms with Gasteiger partial charge in [0.1, 0.15) is 23.6 Å². The summed E-state index contributed by atoms with van der Waals surface area (Å²) in [6.45, 7) is 6.92. The minimum absolute atomic E-state index is 0.445. The highest BCUT2D eigenvalue weighted by Gasteiger charge is 2.22. The van der Waals surface area contributed by atoms with Crippen molar-refractivity contribution in [2.45, 2.75) is 32.5 Å². The minimum Gasteiger partial charge on any atom is -0.364 e. The standard InChI is InChI=1S/C23H26N8/c1-15-12-31(13-16(2)29-15)20-7-3-6-18(30-20)10-25-22-21-19(17-5-4-8-24-9-17)11-26-23(21)28-14-27-22/h3-9,11,14-16,29H,10,12-13H2,1-2H3,(H2,25,26,27,28)/t15-,16+. The summed E-state index contributed by atoms with van der Waals surface area (Å²) in [5.41, 5.74) is 3.81. The maximum absolute atomic E-state index is 4.90. The lowest BCUT2D eigenvalue weighted by Crippen LogP contribution is -2.54. The van der Waals surface area contributed by atoms with Crippen LogP contribution in [0.25, 0.3) is 22.2 Å². The normalized spacial score (nSPS) is 19.0. The first-order valence-electron chi connectivity index (χ1n) is 10.6. The van der Waals surface area contributed by atoms with Gasteiger partial charge in [0.15, 0.2) is 0 Å². The van der Waals surface area contributed by atoms with Crippen LogP contribution < -0.4 is 15.5 Å². The average molecular weight is 415 g/mol. The van der Waals surface area contributed by atoms with Crippen LogP contribution in [0.2, 0.25) is 0 Å². The van der Waals surface area contributed by atoms with E-state index in [-0.39, 0.29) is 0 Å². The number of anilines is 2. The smallest absolute Gasteiger partial charge is 0.143 e. The number of hydrogen-bond donors (Lipinski definition) is 3. The number of pyridine rings is 2. The molecule has 3 N–H and O–H groups in total. The number of fused-ring (bicyclic) bond motifs is 1. The van der Waals surface area contributed by atoms with E-state index in [1.165, 1.54) is 0 Å². The largest absolute Gasteiger partial charge is 0.364 e. The fourth-order valence-corrected chi connectivity index (χ4v) is 4.28. The summed E-state index contributed by atoms with van der Waals surface area (Å²) in [4.78, 5) is 23.6. The van der Waals surface area contributed by atoms with Crippen LogP contribution in [0.4, 0.5) is 11.6 Å². The third-order valence-corrected chi connectivity index (χ3v) is 5.55. The lowest BCUT2D eigenvalue weighted by atomic mass is 10.1. The van der Waals surface area contributed by atoms with E-state index in [9.17, 15) is 0 Å². The molecule has 158 valence electrons. The van der Waals surface area contributed by atoms with Gasteiger partial charge in [-0.15, -0.1) is 0 Å². The predicted molar refractivity (Wildman–Crippen MR) is 123 cm³/mol.